The van der Waals surface area contributed by atoms with Crippen LogP contribution in [0, 0.1) is 11.2 Å². The number of aromatic amines is 1. The Morgan fingerprint density at radius 2 is 1.91 bits per heavy atom. The van der Waals surface area contributed by atoms with Gasteiger partial charge in [-0.25, -0.2) is 9.18 Å². The van der Waals surface area contributed by atoms with E-state index in [1.54, 1.807) is 12.1 Å². The van der Waals surface area contributed by atoms with Crippen molar-refractivity contribution in [2.45, 2.75) is 25.3 Å². The molecule has 120 valence electrons. The number of hydrogen-bond acceptors (Lipinski definition) is 3. The van der Waals surface area contributed by atoms with Crippen LogP contribution in [0.3, 0.4) is 0 Å². The normalized spacial score (nSPS) is 21.8. The molecule has 1 saturated heterocycles. The number of halogens is 1. The van der Waals surface area contributed by atoms with Crippen LogP contribution in [0.1, 0.15) is 30.9 Å². The van der Waals surface area contributed by atoms with Crippen LogP contribution in [0.15, 0.2) is 39.9 Å². The lowest BCUT2D eigenvalue weighted by Crippen LogP contribution is -2.62. The van der Waals surface area contributed by atoms with Crippen molar-refractivity contribution in [3.8, 4) is 0 Å². The van der Waals surface area contributed by atoms with Gasteiger partial charge in [-0.3, -0.25) is 14.3 Å². The third kappa shape index (κ3) is 2.04. The Bertz CT molecular complexity index is 833. The highest BCUT2D eigenvalue weighted by Crippen LogP contribution is 2.60. The minimum atomic E-state index is -0.417. The van der Waals surface area contributed by atoms with E-state index in [0.717, 1.165) is 29.5 Å². The zero-order chi connectivity index (χ0) is 16.2. The highest BCUT2D eigenvalue weighted by Gasteiger charge is 2.56. The molecule has 5 nitrogen and oxygen atoms in total. The number of anilines is 1. The van der Waals surface area contributed by atoms with Gasteiger partial charge in [-0.1, -0.05) is 18.6 Å². The van der Waals surface area contributed by atoms with Crippen LogP contribution < -0.4 is 16.1 Å². The lowest BCUT2D eigenvalue weighted by atomic mass is 9.56. The number of aromatic nitrogens is 2. The van der Waals surface area contributed by atoms with Gasteiger partial charge in [-0.2, -0.15) is 0 Å². The maximum Gasteiger partial charge on any atom is 0.329 e. The van der Waals surface area contributed by atoms with Crippen molar-refractivity contribution in [3.63, 3.8) is 0 Å². The molecule has 1 atom stereocenters. The molecule has 23 heavy (non-hydrogen) atoms. The summed E-state index contributed by atoms with van der Waals surface area (Å²) in [4.78, 5) is 28.6. The van der Waals surface area contributed by atoms with E-state index in [-0.39, 0.29) is 22.8 Å². The van der Waals surface area contributed by atoms with Crippen LogP contribution in [0.2, 0.25) is 0 Å². The Labute approximate surface area is 132 Å². The Morgan fingerprint density at radius 1 is 1.22 bits per heavy atom. The van der Waals surface area contributed by atoms with Gasteiger partial charge in [0.1, 0.15) is 11.6 Å². The van der Waals surface area contributed by atoms with Crippen LogP contribution in [-0.4, -0.2) is 16.1 Å². The molecule has 1 aromatic carbocycles. The first-order valence-electron chi connectivity index (χ1n) is 7.83. The van der Waals surface area contributed by atoms with Gasteiger partial charge in [0, 0.05) is 25.1 Å². The molecule has 4 rings (SSSR count). The smallest absolute Gasteiger partial charge is 0.329 e. The number of benzene rings is 1. The molecule has 1 aliphatic carbocycles. The predicted octanol–water partition coefficient (Wildman–Crippen LogP) is 1.94. The summed E-state index contributed by atoms with van der Waals surface area (Å²) in [5.74, 6) is 0.286. The number of hydrogen-bond donors (Lipinski definition) is 1. The van der Waals surface area contributed by atoms with Crippen molar-refractivity contribution in [2.75, 3.05) is 11.4 Å². The quantitative estimate of drug-likeness (QED) is 0.921. The van der Waals surface area contributed by atoms with Crippen LogP contribution in [-0.2, 0) is 7.05 Å². The van der Waals surface area contributed by atoms with Crippen LogP contribution in [0.25, 0.3) is 0 Å². The average molecular weight is 315 g/mol. The summed E-state index contributed by atoms with van der Waals surface area (Å²) < 4.78 is 14.3. The van der Waals surface area contributed by atoms with Gasteiger partial charge >= 0.3 is 5.69 Å². The molecule has 2 fully saturated rings. The topological polar surface area (TPSA) is 58.1 Å². The van der Waals surface area contributed by atoms with Crippen molar-refractivity contribution in [3.05, 3.63) is 62.6 Å². The SMILES string of the molecule is Cn1c(=O)cc(N2CC3(CCC3)C2c2ccc(F)cc2)[nH]c1=O. The van der Waals surface area contributed by atoms with E-state index in [9.17, 15) is 14.0 Å². The molecular weight excluding hydrogens is 297 g/mol. The Kier molecular flexibility index (Phi) is 2.98. The molecule has 0 amide bonds. The van der Waals surface area contributed by atoms with Crippen molar-refractivity contribution in [1.82, 2.24) is 9.55 Å². The minimum absolute atomic E-state index is 0.0830. The number of rotatable bonds is 2. The fourth-order valence-corrected chi connectivity index (χ4v) is 3.90. The highest BCUT2D eigenvalue weighted by molar-refractivity contribution is 5.49. The van der Waals surface area contributed by atoms with E-state index < -0.39 is 5.69 Å². The summed E-state index contributed by atoms with van der Waals surface area (Å²) >= 11 is 0. The third-order valence-electron chi connectivity index (χ3n) is 5.35. The van der Waals surface area contributed by atoms with Gasteiger partial charge in [-0.05, 0) is 30.5 Å². The first-order valence-corrected chi connectivity index (χ1v) is 7.83. The maximum absolute atomic E-state index is 13.2. The van der Waals surface area contributed by atoms with E-state index >= 15 is 0 Å². The van der Waals surface area contributed by atoms with Gasteiger partial charge < -0.3 is 4.90 Å². The molecule has 1 saturated carbocycles. The zero-order valence-corrected chi connectivity index (χ0v) is 12.9. The van der Waals surface area contributed by atoms with Gasteiger partial charge in [-0.15, -0.1) is 0 Å². The Balaban J connectivity index is 1.75. The van der Waals surface area contributed by atoms with Crippen LogP contribution in [0.5, 0.6) is 0 Å². The molecule has 2 heterocycles. The molecule has 1 N–H and O–H groups in total. The fourth-order valence-electron chi connectivity index (χ4n) is 3.90. The lowest BCUT2D eigenvalue weighted by Gasteiger charge is -2.63. The second kappa shape index (κ2) is 4.81. The Morgan fingerprint density at radius 3 is 2.48 bits per heavy atom. The van der Waals surface area contributed by atoms with E-state index in [0.29, 0.717) is 5.82 Å². The molecule has 1 spiro atoms. The van der Waals surface area contributed by atoms with Gasteiger partial charge in [0.05, 0.1) is 6.04 Å². The minimum Gasteiger partial charge on any atom is -0.350 e. The molecular formula is C17H18FN3O2. The highest BCUT2D eigenvalue weighted by atomic mass is 19.1. The zero-order valence-electron chi connectivity index (χ0n) is 12.9. The van der Waals surface area contributed by atoms with E-state index in [2.05, 4.69) is 9.88 Å². The van der Waals surface area contributed by atoms with Gasteiger partial charge in [0.2, 0.25) is 0 Å². The molecule has 2 aliphatic rings. The van der Waals surface area contributed by atoms with Gasteiger partial charge in [0.15, 0.2) is 0 Å². The molecule has 1 aromatic heterocycles. The number of nitrogens with zero attached hydrogens (tertiary/aromatic N) is 2. The molecule has 2 aromatic rings. The summed E-state index contributed by atoms with van der Waals surface area (Å²) in [6.07, 6.45) is 3.44. The van der Waals surface area contributed by atoms with Crippen molar-refractivity contribution >= 4 is 5.82 Å². The molecule has 0 bridgehead atoms. The first-order chi connectivity index (χ1) is 11.0. The second-order valence-corrected chi connectivity index (χ2v) is 6.65. The van der Waals surface area contributed by atoms with Crippen molar-refractivity contribution < 1.29 is 4.39 Å². The van der Waals surface area contributed by atoms with E-state index in [1.807, 2.05) is 0 Å². The summed E-state index contributed by atoms with van der Waals surface area (Å²) in [5, 5.41) is 0. The molecule has 1 unspecified atom stereocenters. The molecule has 6 heteroatoms. The second-order valence-electron chi connectivity index (χ2n) is 6.65. The summed E-state index contributed by atoms with van der Waals surface area (Å²) in [7, 11) is 1.45. The van der Waals surface area contributed by atoms with Crippen LogP contribution in [0.4, 0.5) is 10.2 Å². The largest absolute Gasteiger partial charge is 0.350 e. The lowest BCUT2D eigenvalue weighted by molar-refractivity contribution is 0.0275. The van der Waals surface area contributed by atoms with E-state index in [4.69, 9.17) is 0 Å². The first kappa shape index (κ1) is 14.2. The summed E-state index contributed by atoms with van der Waals surface area (Å²) in [6.45, 7) is 0.818. The summed E-state index contributed by atoms with van der Waals surface area (Å²) in [5.41, 5.74) is 0.477. The molecule has 1 aliphatic heterocycles. The number of nitrogens with one attached hydrogen (secondary N) is 1. The fraction of sp³-hybridized carbons (Fsp3) is 0.412. The standard InChI is InChI=1S/C17H18FN3O2/c1-20-14(22)9-13(19-16(20)23)21-10-17(7-2-8-17)15(21)11-3-5-12(18)6-4-11/h3-6,9,15H,2,7-8,10H2,1H3,(H,19,23). The maximum atomic E-state index is 13.2. The third-order valence-corrected chi connectivity index (χ3v) is 5.35. The van der Waals surface area contributed by atoms with E-state index in [1.165, 1.54) is 31.7 Å². The molecule has 0 radical (unpaired) electrons. The van der Waals surface area contributed by atoms with Crippen molar-refractivity contribution in [2.24, 2.45) is 12.5 Å². The average Bonchev–Trinajstić information content (AvgIpc) is 2.44. The van der Waals surface area contributed by atoms with Crippen molar-refractivity contribution in [1.29, 1.82) is 0 Å². The van der Waals surface area contributed by atoms with Crippen LogP contribution >= 0.6 is 0 Å². The number of H-pyrrole nitrogens is 1. The monoisotopic (exact) mass is 315 g/mol. The summed E-state index contributed by atoms with van der Waals surface area (Å²) in [6, 6.07) is 8.07. The van der Waals surface area contributed by atoms with Gasteiger partial charge in [0.25, 0.3) is 5.56 Å². The predicted molar refractivity (Wildman–Crippen MR) is 85.1 cm³/mol. The Hall–Kier alpha value is -2.37.